The highest BCUT2D eigenvalue weighted by molar-refractivity contribution is 5.74. The summed E-state index contributed by atoms with van der Waals surface area (Å²) in [5, 5.41) is 12.2. The number of aliphatic hydroxyl groups is 1. The molecular formula is C15H18N6O. The average Bonchev–Trinajstić information content (AvgIpc) is 2.98. The lowest BCUT2D eigenvalue weighted by Gasteiger charge is -2.11. The van der Waals surface area contributed by atoms with Crippen molar-refractivity contribution in [3.63, 3.8) is 0 Å². The summed E-state index contributed by atoms with van der Waals surface area (Å²) in [6.45, 7) is 0.937. The van der Waals surface area contributed by atoms with E-state index >= 15 is 0 Å². The van der Waals surface area contributed by atoms with Crippen molar-refractivity contribution in [2.75, 3.05) is 18.5 Å². The number of imidazole rings is 1. The van der Waals surface area contributed by atoms with Gasteiger partial charge in [-0.2, -0.15) is 0 Å². The summed E-state index contributed by atoms with van der Waals surface area (Å²) in [5.74, 6) is 0. The van der Waals surface area contributed by atoms with E-state index in [0.717, 1.165) is 28.1 Å². The Morgan fingerprint density at radius 3 is 2.86 bits per heavy atom. The molecule has 0 atom stereocenters. The number of hydrogen-bond donors (Lipinski definition) is 3. The molecule has 1 aromatic carbocycles. The van der Waals surface area contributed by atoms with Crippen molar-refractivity contribution in [2.45, 2.75) is 13.1 Å². The number of para-hydroxylation sites is 1. The van der Waals surface area contributed by atoms with E-state index in [4.69, 9.17) is 10.8 Å². The van der Waals surface area contributed by atoms with Crippen LogP contribution in [0.5, 0.6) is 0 Å². The molecule has 4 N–H and O–H groups in total. The second kappa shape index (κ2) is 6.50. The first-order chi connectivity index (χ1) is 10.8. The van der Waals surface area contributed by atoms with Gasteiger partial charge in [0.1, 0.15) is 11.8 Å². The molecular weight excluding hydrogens is 280 g/mol. The molecule has 0 spiro atoms. The molecule has 0 aliphatic carbocycles. The standard InChI is InChI=1S/C15H18N6O/c16-8-21-10-20-14-13(18-9-19-15(14)21)7-11-3-1-2-4-12(11)17-5-6-22/h1-4,9-10,17,22H,5-8,16H2. The monoisotopic (exact) mass is 298 g/mol. The highest BCUT2D eigenvalue weighted by Crippen LogP contribution is 2.21. The lowest BCUT2D eigenvalue weighted by Crippen LogP contribution is -2.08. The van der Waals surface area contributed by atoms with Gasteiger partial charge in [-0.25, -0.2) is 15.0 Å². The first-order valence-corrected chi connectivity index (χ1v) is 7.11. The third kappa shape index (κ3) is 2.76. The zero-order valence-corrected chi connectivity index (χ0v) is 12.1. The van der Waals surface area contributed by atoms with Gasteiger partial charge in [-0.1, -0.05) is 18.2 Å². The third-order valence-corrected chi connectivity index (χ3v) is 3.48. The van der Waals surface area contributed by atoms with Crippen LogP contribution >= 0.6 is 0 Å². The van der Waals surface area contributed by atoms with Gasteiger partial charge in [0.2, 0.25) is 0 Å². The number of hydrogen-bond acceptors (Lipinski definition) is 6. The predicted molar refractivity (Wildman–Crippen MR) is 84.3 cm³/mol. The molecule has 114 valence electrons. The molecule has 22 heavy (non-hydrogen) atoms. The maximum Gasteiger partial charge on any atom is 0.164 e. The zero-order chi connectivity index (χ0) is 15.4. The molecule has 2 heterocycles. The minimum absolute atomic E-state index is 0.0903. The van der Waals surface area contributed by atoms with E-state index in [9.17, 15) is 0 Å². The van der Waals surface area contributed by atoms with E-state index in [2.05, 4.69) is 20.3 Å². The van der Waals surface area contributed by atoms with Crippen LogP contribution < -0.4 is 11.1 Å². The van der Waals surface area contributed by atoms with Crippen LogP contribution in [-0.4, -0.2) is 37.8 Å². The Hall–Kier alpha value is -2.51. The fourth-order valence-electron chi connectivity index (χ4n) is 2.41. The molecule has 0 saturated carbocycles. The summed E-state index contributed by atoms with van der Waals surface area (Å²) in [6.07, 6.45) is 3.85. The highest BCUT2D eigenvalue weighted by atomic mass is 16.3. The first kappa shape index (κ1) is 14.4. The largest absolute Gasteiger partial charge is 0.395 e. The van der Waals surface area contributed by atoms with Gasteiger partial charge in [0.25, 0.3) is 0 Å². The van der Waals surface area contributed by atoms with Crippen LogP contribution in [0, 0.1) is 0 Å². The van der Waals surface area contributed by atoms with Gasteiger partial charge in [-0.05, 0) is 11.6 Å². The second-order valence-corrected chi connectivity index (χ2v) is 4.87. The van der Waals surface area contributed by atoms with Crippen molar-refractivity contribution < 1.29 is 5.11 Å². The van der Waals surface area contributed by atoms with Crippen LogP contribution in [0.4, 0.5) is 5.69 Å². The molecule has 0 bridgehead atoms. The first-order valence-electron chi connectivity index (χ1n) is 7.11. The van der Waals surface area contributed by atoms with Gasteiger partial charge >= 0.3 is 0 Å². The molecule has 0 aliphatic heterocycles. The van der Waals surface area contributed by atoms with Crippen LogP contribution in [0.3, 0.4) is 0 Å². The Morgan fingerprint density at radius 2 is 2.05 bits per heavy atom. The second-order valence-electron chi connectivity index (χ2n) is 4.87. The summed E-state index contributed by atoms with van der Waals surface area (Å²) in [4.78, 5) is 13.0. The number of nitrogens with zero attached hydrogens (tertiary/aromatic N) is 4. The molecule has 7 nitrogen and oxygen atoms in total. The molecule has 0 unspecified atom stereocenters. The van der Waals surface area contributed by atoms with E-state index in [0.29, 0.717) is 19.6 Å². The van der Waals surface area contributed by atoms with E-state index in [1.807, 2.05) is 24.3 Å². The summed E-state index contributed by atoms with van der Waals surface area (Å²) in [5.41, 5.74) is 10.1. The van der Waals surface area contributed by atoms with Crippen LogP contribution in [0.25, 0.3) is 11.2 Å². The molecule has 0 amide bonds. The van der Waals surface area contributed by atoms with Crippen molar-refractivity contribution in [2.24, 2.45) is 5.73 Å². The SMILES string of the molecule is NCn1cnc2c(Cc3ccccc3NCCO)ncnc21. The smallest absolute Gasteiger partial charge is 0.164 e. The summed E-state index contributed by atoms with van der Waals surface area (Å²) in [6, 6.07) is 7.97. The lowest BCUT2D eigenvalue weighted by molar-refractivity contribution is 0.311. The minimum atomic E-state index is 0.0903. The number of nitrogens with two attached hydrogens (primary N) is 1. The third-order valence-electron chi connectivity index (χ3n) is 3.48. The van der Waals surface area contributed by atoms with Crippen molar-refractivity contribution in [3.05, 3.63) is 48.2 Å². The number of anilines is 1. The Bertz CT molecular complexity index is 770. The predicted octanol–water partition coefficient (Wildman–Crippen LogP) is 0.737. The van der Waals surface area contributed by atoms with Gasteiger partial charge < -0.3 is 20.7 Å². The maximum absolute atomic E-state index is 8.97. The summed E-state index contributed by atoms with van der Waals surface area (Å²) >= 11 is 0. The van der Waals surface area contributed by atoms with Crippen LogP contribution in [0.15, 0.2) is 36.9 Å². The average molecular weight is 298 g/mol. The van der Waals surface area contributed by atoms with Gasteiger partial charge in [0.15, 0.2) is 5.65 Å². The molecule has 7 heteroatoms. The zero-order valence-electron chi connectivity index (χ0n) is 12.1. The molecule has 0 fully saturated rings. The van der Waals surface area contributed by atoms with Gasteiger partial charge in [-0.3, -0.25) is 0 Å². The Kier molecular flexibility index (Phi) is 4.27. The van der Waals surface area contributed by atoms with Crippen molar-refractivity contribution >= 4 is 16.9 Å². The molecule has 0 aliphatic rings. The van der Waals surface area contributed by atoms with E-state index in [-0.39, 0.29) is 6.61 Å². The van der Waals surface area contributed by atoms with Crippen LogP contribution in [0.2, 0.25) is 0 Å². The van der Waals surface area contributed by atoms with E-state index in [1.165, 1.54) is 6.33 Å². The van der Waals surface area contributed by atoms with Crippen molar-refractivity contribution in [3.8, 4) is 0 Å². The number of aliphatic hydroxyl groups excluding tert-OH is 1. The Balaban J connectivity index is 1.95. The quantitative estimate of drug-likeness (QED) is 0.620. The number of rotatable bonds is 6. The summed E-state index contributed by atoms with van der Waals surface area (Å²) in [7, 11) is 0. The lowest BCUT2D eigenvalue weighted by atomic mass is 10.1. The van der Waals surface area contributed by atoms with Gasteiger partial charge in [0, 0.05) is 18.7 Å². The molecule has 2 aromatic heterocycles. The molecule has 0 saturated heterocycles. The Labute approximate surface area is 127 Å². The number of aromatic nitrogens is 4. The van der Waals surface area contributed by atoms with E-state index in [1.54, 1.807) is 10.9 Å². The van der Waals surface area contributed by atoms with Gasteiger partial charge in [0.05, 0.1) is 25.3 Å². The minimum Gasteiger partial charge on any atom is -0.395 e. The normalized spacial score (nSPS) is 11.0. The number of benzene rings is 1. The fourth-order valence-corrected chi connectivity index (χ4v) is 2.41. The molecule has 3 rings (SSSR count). The fraction of sp³-hybridized carbons (Fsp3) is 0.267. The van der Waals surface area contributed by atoms with E-state index < -0.39 is 0 Å². The van der Waals surface area contributed by atoms with Crippen LogP contribution in [-0.2, 0) is 13.1 Å². The maximum atomic E-state index is 8.97. The highest BCUT2D eigenvalue weighted by Gasteiger charge is 2.11. The molecule has 3 aromatic rings. The number of fused-ring (bicyclic) bond motifs is 1. The van der Waals surface area contributed by atoms with Crippen molar-refractivity contribution in [1.82, 2.24) is 19.5 Å². The number of nitrogens with one attached hydrogen (secondary N) is 1. The molecule has 0 radical (unpaired) electrons. The Morgan fingerprint density at radius 1 is 1.18 bits per heavy atom. The van der Waals surface area contributed by atoms with Crippen LogP contribution in [0.1, 0.15) is 11.3 Å². The topological polar surface area (TPSA) is 102 Å². The van der Waals surface area contributed by atoms with Crippen molar-refractivity contribution in [1.29, 1.82) is 0 Å². The van der Waals surface area contributed by atoms with Gasteiger partial charge in [-0.15, -0.1) is 0 Å². The summed E-state index contributed by atoms with van der Waals surface area (Å²) < 4.78 is 1.79.